The predicted molar refractivity (Wildman–Crippen MR) is 168 cm³/mol. The van der Waals surface area contributed by atoms with Gasteiger partial charge >= 0.3 is 0 Å². The molecule has 0 bridgehead atoms. The molecule has 1 spiro atoms. The molecule has 0 saturated carbocycles. The summed E-state index contributed by atoms with van der Waals surface area (Å²) in [6.45, 7) is 5.11. The second-order valence-electron chi connectivity index (χ2n) is 12.4. The highest BCUT2D eigenvalue weighted by atomic mass is 19.1. The third kappa shape index (κ3) is 5.70. The maximum Gasteiger partial charge on any atom is 0.253 e. The van der Waals surface area contributed by atoms with Crippen molar-refractivity contribution in [1.82, 2.24) is 14.9 Å². The van der Waals surface area contributed by atoms with Gasteiger partial charge in [-0.3, -0.25) is 9.59 Å². The molecule has 1 aromatic carbocycles. The minimum absolute atomic E-state index is 0.119. The van der Waals surface area contributed by atoms with Crippen molar-refractivity contribution in [3.05, 3.63) is 59.5 Å². The van der Waals surface area contributed by atoms with Crippen LogP contribution in [0.15, 0.2) is 47.6 Å². The number of hydrogen-bond acceptors (Lipinski definition) is 8. The molecular formula is C34H37FN6O3. The van der Waals surface area contributed by atoms with Gasteiger partial charge in [-0.15, -0.1) is 0 Å². The Balaban J connectivity index is 1.12. The zero-order valence-electron chi connectivity index (χ0n) is 24.9. The van der Waals surface area contributed by atoms with E-state index in [-0.39, 0.29) is 29.5 Å². The molecule has 0 atom stereocenters. The highest BCUT2D eigenvalue weighted by Gasteiger charge is 2.36. The molecule has 7 rings (SSSR count). The van der Waals surface area contributed by atoms with E-state index in [1.165, 1.54) is 12.3 Å². The molecule has 0 unspecified atom stereocenters. The van der Waals surface area contributed by atoms with Gasteiger partial charge in [-0.1, -0.05) is 0 Å². The van der Waals surface area contributed by atoms with Crippen LogP contribution >= 0.6 is 0 Å². The second kappa shape index (κ2) is 12.1. The van der Waals surface area contributed by atoms with Gasteiger partial charge in [0.1, 0.15) is 11.6 Å². The first-order valence-electron chi connectivity index (χ1n) is 15.7. The second-order valence-corrected chi connectivity index (χ2v) is 12.4. The highest BCUT2D eigenvalue weighted by molar-refractivity contribution is 6.13. The fraction of sp³-hybridized carbons (Fsp3) is 0.441. The van der Waals surface area contributed by atoms with Crippen LogP contribution in [0.1, 0.15) is 72.1 Å². The van der Waals surface area contributed by atoms with E-state index in [1.807, 2.05) is 18.3 Å². The third-order valence-corrected chi connectivity index (χ3v) is 9.66. The number of hydrogen-bond donors (Lipinski definition) is 1. The van der Waals surface area contributed by atoms with Gasteiger partial charge < -0.3 is 19.9 Å². The SMILES string of the molecule is O=C1CC=Nc2nc(-c3ccc(C(=O)N4CCCCC4)cc3F)cc(Nc3ccc(N4CCC5(CCOCC5)CC4)cn3)c21. The van der Waals surface area contributed by atoms with E-state index in [0.29, 0.717) is 46.8 Å². The molecule has 3 fully saturated rings. The number of rotatable bonds is 5. The van der Waals surface area contributed by atoms with Crippen molar-refractivity contribution in [2.75, 3.05) is 49.6 Å². The Morgan fingerprint density at radius 2 is 1.75 bits per heavy atom. The van der Waals surface area contributed by atoms with Crippen molar-refractivity contribution >= 4 is 40.9 Å². The molecule has 44 heavy (non-hydrogen) atoms. The molecule has 10 heteroatoms. The third-order valence-electron chi connectivity index (χ3n) is 9.66. The maximum atomic E-state index is 15.5. The highest BCUT2D eigenvalue weighted by Crippen LogP contribution is 2.42. The van der Waals surface area contributed by atoms with Crippen LogP contribution in [0.3, 0.4) is 0 Å². The van der Waals surface area contributed by atoms with E-state index in [4.69, 9.17) is 4.74 Å². The molecule has 3 aromatic rings. The van der Waals surface area contributed by atoms with Crippen molar-refractivity contribution in [1.29, 1.82) is 0 Å². The Kier molecular flexibility index (Phi) is 7.84. The number of piperidine rings is 2. The average Bonchev–Trinajstić information content (AvgIpc) is 3.06. The standard InChI is InChI=1S/C34H37FN6O3/c35-26-20-23(33(43)41-14-2-1-3-15-41)4-6-25(26)27-21-28(31-29(42)8-13-36-32(31)39-27)38-30-7-5-24(22-37-30)40-16-9-34(10-17-40)11-18-44-19-12-34/h4-7,13,20-22H,1-3,8-12,14-19H2,(H,37,38,39). The number of likely N-dealkylation sites (tertiary alicyclic amines) is 1. The fourth-order valence-electron chi connectivity index (χ4n) is 6.92. The van der Waals surface area contributed by atoms with Gasteiger partial charge in [-0.05, 0) is 86.8 Å². The number of benzene rings is 1. The Labute approximate surface area is 256 Å². The first kappa shape index (κ1) is 28.6. The number of halogens is 1. The number of Topliss-reactive ketones (excluding diaryl/α,β-unsaturated/α-hetero) is 1. The molecule has 3 saturated heterocycles. The summed E-state index contributed by atoms with van der Waals surface area (Å²) in [5.74, 6) is -0.0268. The number of anilines is 3. The molecule has 4 aliphatic heterocycles. The molecule has 4 aliphatic rings. The van der Waals surface area contributed by atoms with Crippen LogP contribution in [-0.2, 0) is 4.74 Å². The lowest BCUT2D eigenvalue weighted by molar-refractivity contribution is 0.00211. The van der Waals surface area contributed by atoms with Crippen LogP contribution in [0.2, 0.25) is 0 Å². The Morgan fingerprint density at radius 3 is 2.48 bits per heavy atom. The summed E-state index contributed by atoms with van der Waals surface area (Å²) in [5.41, 5.74) is 3.18. The number of aromatic nitrogens is 2. The number of pyridine rings is 2. The largest absolute Gasteiger partial charge is 0.381 e. The van der Waals surface area contributed by atoms with Gasteiger partial charge in [0.05, 0.1) is 28.8 Å². The van der Waals surface area contributed by atoms with Crippen molar-refractivity contribution < 1.29 is 18.7 Å². The molecule has 1 N–H and O–H groups in total. The molecule has 6 heterocycles. The molecule has 0 radical (unpaired) electrons. The molecular weight excluding hydrogens is 559 g/mol. The number of ketones is 1. The van der Waals surface area contributed by atoms with E-state index >= 15 is 4.39 Å². The molecule has 0 aliphatic carbocycles. The summed E-state index contributed by atoms with van der Waals surface area (Å²) in [4.78, 5) is 43.6. The van der Waals surface area contributed by atoms with Crippen molar-refractivity contribution in [2.45, 2.75) is 51.4 Å². The minimum atomic E-state index is -0.552. The van der Waals surface area contributed by atoms with Gasteiger partial charge in [0.2, 0.25) is 0 Å². The van der Waals surface area contributed by atoms with E-state index in [1.54, 1.807) is 23.1 Å². The minimum Gasteiger partial charge on any atom is -0.381 e. The molecule has 1 amide bonds. The normalized spacial score (nSPS) is 19.6. The first-order chi connectivity index (χ1) is 21.5. The van der Waals surface area contributed by atoms with Gasteiger partial charge in [-0.2, -0.15) is 0 Å². The number of carbonyl (C=O) groups excluding carboxylic acids is 2. The Hall–Kier alpha value is -4.18. The van der Waals surface area contributed by atoms with E-state index in [2.05, 4.69) is 25.2 Å². The van der Waals surface area contributed by atoms with Crippen LogP contribution < -0.4 is 10.2 Å². The Morgan fingerprint density at radius 1 is 0.955 bits per heavy atom. The lowest BCUT2D eigenvalue weighted by atomic mass is 9.72. The van der Waals surface area contributed by atoms with E-state index in [9.17, 15) is 9.59 Å². The Bertz CT molecular complexity index is 1590. The summed E-state index contributed by atoms with van der Waals surface area (Å²) < 4.78 is 21.1. The lowest BCUT2D eigenvalue weighted by Gasteiger charge is -2.44. The predicted octanol–water partition coefficient (Wildman–Crippen LogP) is 6.34. The summed E-state index contributed by atoms with van der Waals surface area (Å²) in [5, 5.41) is 3.28. The number of amides is 1. The molecule has 228 valence electrons. The van der Waals surface area contributed by atoms with Crippen LogP contribution in [0.5, 0.6) is 0 Å². The summed E-state index contributed by atoms with van der Waals surface area (Å²) in [6, 6.07) is 10.1. The van der Waals surface area contributed by atoms with Crippen LogP contribution in [0, 0.1) is 11.2 Å². The van der Waals surface area contributed by atoms with Crippen LogP contribution in [-0.4, -0.2) is 72.2 Å². The van der Waals surface area contributed by atoms with Crippen LogP contribution in [0.25, 0.3) is 11.3 Å². The van der Waals surface area contributed by atoms with Crippen LogP contribution in [0.4, 0.5) is 27.4 Å². The number of nitrogens with one attached hydrogen (secondary N) is 1. The van der Waals surface area contributed by atoms with E-state index < -0.39 is 5.82 Å². The van der Waals surface area contributed by atoms with Gasteiger partial charge in [-0.25, -0.2) is 19.4 Å². The van der Waals surface area contributed by atoms with Crippen molar-refractivity contribution in [3.8, 4) is 11.3 Å². The maximum absolute atomic E-state index is 15.5. The number of aliphatic imine (C=N–C) groups is 1. The smallest absolute Gasteiger partial charge is 0.253 e. The zero-order chi connectivity index (χ0) is 30.1. The average molecular weight is 597 g/mol. The van der Waals surface area contributed by atoms with Crippen molar-refractivity contribution in [2.24, 2.45) is 10.4 Å². The van der Waals surface area contributed by atoms with Gasteiger partial charge in [0.15, 0.2) is 11.6 Å². The number of ether oxygens (including phenoxy) is 1. The van der Waals surface area contributed by atoms with E-state index in [0.717, 1.165) is 76.9 Å². The zero-order valence-corrected chi connectivity index (χ0v) is 24.9. The molecule has 2 aromatic heterocycles. The summed E-state index contributed by atoms with van der Waals surface area (Å²) in [7, 11) is 0. The summed E-state index contributed by atoms with van der Waals surface area (Å²) in [6.07, 6.45) is 11.2. The van der Waals surface area contributed by atoms with Gasteiger partial charge in [0.25, 0.3) is 5.91 Å². The fourth-order valence-corrected chi connectivity index (χ4v) is 6.92. The monoisotopic (exact) mass is 596 g/mol. The summed E-state index contributed by atoms with van der Waals surface area (Å²) >= 11 is 0. The number of nitrogens with zero attached hydrogens (tertiary/aromatic N) is 5. The molecule has 9 nitrogen and oxygen atoms in total. The lowest BCUT2D eigenvalue weighted by Crippen LogP contribution is -2.43. The quantitative estimate of drug-likeness (QED) is 0.367. The van der Waals surface area contributed by atoms with Crippen molar-refractivity contribution in [3.63, 3.8) is 0 Å². The topological polar surface area (TPSA) is 100 Å². The van der Waals surface area contributed by atoms with Gasteiger partial charge in [0, 0.05) is 63.2 Å². The first-order valence-corrected chi connectivity index (χ1v) is 15.7. The number of carbonyl (C=O) groups is 2. The number of fused-ring (bicyclic) bond motifs is 1.